The summed E-state index contributed by atoms with van der Waals surface area (Å²) in [6.07, 6.45) is 13.0. The van der Waals surface area contributed by atoms with Gasteiger partial charge in [0.15, 0.2) is 5.79 Å². The summed E-state index contributed by atoms with van der Waals surface area (Å²) in [5.74, 6) is 1.33. The minimum absolute atomic E-state index is 0.157. The average molecular weight is 359 g/mol. The van der Waals surface area contributed by atoms with Crippen LogP contribution in [0.1, 0.15) is 86.0 Å². The van der Waals surface area contributed by atoms with Crippen molar-refractivity contribution in [1.82, 2.24) is 0 Å². The Morgan fingerprint density at radius 2 is 1.58 bits per heavy atom. The molecular weight excluding hydrogens is 320 g/mol. The maximum absolute atomic E-state index is 6.36. The van der Waals surface area contributed by atoms with E-state index in [1.807, 2.05) is 0 Å². The summed E-state index contributed by atoms with van der Waals surface area (Å²) >= 11 is 0. The van der Waals surface area contributed by atoms with Crippen LogP contribution in [0.2, 0.25) is 0 Å². The second-order valence-electron chi connectivity index (χ2n) is 11.3. The van der Waals surface area contributed by atoms with Crippen molar-refractivity contribution in [2.75, 3.05) is 13.2 Å². The van der Waals surface area contributed by atoms with E-state index in [1.165, 1.54) is 44.9 Å². The highest BCUT2D eigenvalue weighted by atomic mass is 16.7. The standard InChI is InChI=1S/C24H38O2/c1-17-8-9-20(2)18(16-17)6-7-19-21(20,3)10-12-23(5)22(19,4)11-13-24(23)25-14-15-26-24/h6,17,19H,7-16H2,1-5H3/t17-,19+,20-,21-,22-,23-/m0/s1. The van der Waals surface area contributed by atoms with Crippen LogP contribution in [0.5, 0.6) is 0 Å². The molecule has 1 aliphatic heterocycles. The third-order valence-corrected chi connectivity index (χ3v) is 10.8. The summed E-state index contributed by atoms with van der Waals surface area (Å²) in [5.41, 5.74) is 3.10. The molecule has 0 aromatic rings. The Bertz CT molecular complexity index is 647. The first-order chi connectivity index (χ1) is 12.2. The third-order valence-electron chi connectivity index (χ3n) is 10.8. The van der Waals surface area contributed by atoms with Gasteiger partial charge in [-0.1, -0.05) is 46.3 Å². The molecule has 1 spiro atoms. The fourth-order valence-electron chi connectivity index (χ4n) is 8.55. The van der Waals surface area contributed by atoms with Crippen molar-refractivity contribution in [3.63, 3.8) is 0 Å². The van der Waals surface area contributed by atoms with Crippen molar-refractivity contribution in [3.8, 4) is 0 Å². The number of fused-ring (bicyclic) bond motifs is 6. The second-order valence-corrected chi connectivity index (χ2v) is 11.3. The molecule has 4 fully saturated rings. The summed E-state index contributed by atoms with van der Waals surface area (Å²) < 4.78 is 12.7. The van der Waals surface area contributed by atoms with Crippen LogP contribution in [-0.2, 0) is 9.47 Å². The van der Waals surface area contributed by atoms with E-state index in [-0.39, 0.29) is 11.2 Å². The van der Waals surface area contributed by atoms with Crippen molar-refractivity contribution in [3.05, 3.63) is 11.6 Å². The fourth-order valence-corrected chi connectivity index (χ4v) is 8.55. The maximum atomic E-state index is 6.36. The van der Waals surface area contributed by atoms with Gasteiger partial charge >= 0.3 is 0 Å². The van der Waals surface area contributed by atoms with E-state index in [0.717, 1.165) is 31.5 Å². The van der Waals surface area contributed by atoms with Gasteiger partial charge in [0, 0.05) is 11.8 Å². The normalized spacial score (nSPS) is 55.2. The molecule has 0 aromatic carbocycles. The van der Waals surface area contributed by atoms with Crippen molar-refractivity contribution in [1.29, 1.82) is 0 Å². The molecule has 26 heavy (non-hydrogen) atoms. The van der Waals surface area contributed by atoms with E-state index in [4.69, 9.17) is 9.47 Å². The molecule has 5 rings (SSSR count). The minimum Gasteiger partial charge on any atom is -0.347 e. The third kappa shape index (κ3) is 1.78. The molecule has 6 atom stereocenters. The topological polar surface area (TPSA) is 18.5 Å². The molecule has 0 unspecified atom stereocenters. The van der Waals surface area contributed by atoms with Gasteiger partial charge in [-0.05, 0) is 73.0 Å². The van der Waals surface area contributed by atoms with E-state index in [1.54, 1.807) is 5.57 Å². The van der Waals surface area contributed by atoms with Gasteiger partial charge in [0.2, 0.25) is 0 Å². The Morgan fingerprint density at radius 3 is 2.31 bits per heavy atom. The van der Waals surface area contributed by atoms with Crippen molar-refractivity contribution < 1.29 is 9.47 Å². The van der Waals surface area contributed by atoms with Crippen LogP contribution < -0.4 is 0 Å². The van der Waals surface area contributed by atoms with E-state index < -0.39 is 0 Å². The molecule has 5 aliphatic rings. The zero-order valence-corrected chi connectivity index (χ0v) is 17.6. The highest BCUT2D eigenvalue weighted by molar-refractivity contribution is 5.30. The molecule has 4 aliphatic carbocycles. The Labute approximate surface area is 160 Å². The average Bonchev–Trinajstić information content (AvgIpc) is 3.17. The predicted octanol–water partition coefficient (Wildman–Crippen LogP) is 6.11. The number of allylic oxidation sites excluding steroid dienone is 2. The first kappa shape index (κ1) is 17.7. The molecular formula is C24H38O2. The van der Waals surface area contributed by atoms with E-state index in [9.17, 15) is 0 Å². The summed E-state index contributed by atoms with van der Waals surface area (Å²) in [5, 5.41) is 0. The van der Waals surface area contributed by atoms with Gasteiger partial charge in [0.25, 0.3) is 0 Å². The highest BCUT2D eigenvalue weighted by Crippen LogP contribution is 2.77. The van der Waals surface area contributed by atoms with Gasteiger partial charge in [-0.25, -0.2) is 0 Å². The zero-order chi connectivity index (χ0) is 18.4. The predicted molar refractivity (Wildman–Crippen MR) is 105 cm³/mol. The molecule has 1 saturated heterocycles. The van der Waals surface area contributed by atoms with Crippen LogP contribution >= 0.6 is 0 Å². The van der Waals surface area contributed by atoms with Crippen LogP contribution in [0.3, 0.4) is 0 Å². The maximum Gasteiger partial charge on any atom is 0.174 e. The van der Waals surface area contributed by atoms with Crippen molar-refractivity contribution >= 4 is 0 Å². The summed E-state index contributed by atoms with van der Waals surface area (Å²) in [4.78, 5) is 0. The van der Waals surface area contributed by atoms with Crippen LogP contribution in [0, 0.1) is 33.5 Å². The molecule has 0 amide bonds. The second kappa shape index (κ2) is 5.17. The van der Waals surface area contributed by atoms with Crippen LogP contribution in [0.15, 0.2) is 11.6 Å². The van der Waals surface area contributed by atoms with Gasteiger partial charge in [-0.15, -0.1) is 0 Å². The monoisotopic (exact) mass is 358 g/mol. The van der Waals surface area contributed by atoms with Gasteiger partial charge < -0.3 is 9.47 Å². The van der Waals surface area contributed by atoms with E-state index in [2.05, 4.69) is 40.7 Å². The Morgan fingerprint density at radius 1 is 0.885 bits per heavy atom. The SMILES string of the molecule is C[C@H]1CC[C@@]2(C)C(=CC[C@@H]3[C@]2(C)CC[C@]2(C)C4(CC[C@@]32C)OCCO4)C1. The lowest BCUT2D eigenvalue weighted by molar-refractivity contribution is -0.271. The molecule has 3 saturated carbocycles. The summed E-state index contributed by atoms with van der Waals surface area (Å²) in [7, 11) is 0. The van der Waals surface area contributed by atoms with E-state index in [0.29, 0.717) is 16.2 Å². The molecule has 0 bridgehead atoms. The molecule has 2 heteroatoms. The Hall–Kier alpha value is -0.340. The van der Waals surface area contributed by atoms with Crippen molar-refractivity contribution in [2.45, 2.75) is 91.8 Å². The lowest BCUT2D eigenvalue weighted by Gasteiger charge is -2.68. The van der Waals surface area contributed by atoms with Crippen LogP contribution in [0.25, 0.3) is 0 Å². The smallest absolute Gasteiger partial charge is 0.174 e. The highest BCUT2D eigenvalue weighted by Gasteiger charge is 2.74. The van der Waals surface area contributed by atoms with E-state index >= 15 is 0 Å². The van der Waals surface area contributed by atoms with Gasteiger partial charge in [-0.3, -0.25) is 0 Å². The first-order valence-corrected chi connectivity index (χ1v) is 11.2. The van der Waals surface area contributed by atoms with Gasteiger partial charge in [-0.2, -0.15) is 0 Å². The fraction of sp³-hybridized carbons (Fsp3) is 0.917. The minimum atomic E-state index is -0.297. The molecule has 1 heterocycles. The largest absolute Gasteiger partial charge is 0.347 e. The quantitative estimate of drug-likeness (QED) is 0.486. The molecule has 0 aromatic heterocycles. The molecule has 2 nitrogen and oxygen atoms in total. The molecule has 146 valence electrons. The number of hydrogen-bond donors (Lipinski definition) is 0. The Balaban J connectivity index is 1.59. The van der Waals surface area contributed by atoms with Crippen LogP contribution in [-0.4, -0.2) is 19.0 Å². The van der Waals surface area contributed by atoms with Gasteiger partial charge in [0.1, 0.15) is 0 Å². The lowest BCUT2D eigenvalue weighted by atomic mass is 9.37. The van der Waals surface area contributed by atoms with Crippen LogP contribution in [0.4, 0.5) is 0 Å². The summed E-state index contributed by atoms with van der Waals surface area (Å²) in [6, 6.07) is 0. The summed E-state index contributed by atoms with van der Waals surface area (Å²) in [6.45, 7) is 14.4. The number of ether oxygens (including phenoxy) is 2. The molecule has 0 N–H and O–H groups in total. The first-order valence-electron chi connectivity index (χ1n) is 11.2. The Kier molecular flexibility index (Phi) is 3.53. The van der Waals surface area contributed by atoms with Crippen molar-refractivity contribution in [2.24, 2.45) is 33.5 Å². The lowest BCUT2D eigenvalue weighted by Crippen LogP contribution is -2.63. The zero-order valence-electron chi connectivity index (χ0n) is 17.6. The van der Waals surface area contributed by atoms with Gasteiger partial charge in [0.05, 0.1) is 13.2 Å². The number of rotatable bonds is 0. The molecule has 0 radical (unpaired) electrons. The number of hydrogen-bond acceptors (Lipinski definition) is 2.